The highest BCUT2D eigenvalue weighted by molar-refractivity contribution is 5.20. The van der Waals surface area contributed by atoms with Crippen molar-refractivity contribution in [3.63, 3.8) is 0 Å². The quantitative estimate of drug-likeness (QED) is 0.698. The van der Waals surface area contributed by atoms with Crippen LogP contribution in [0.15, 0.2) is 30.3 Å². The number of benzene rings is 1. The van der Waals surface area contributed by atoms with Crippen LogP contribution < -0.4 is 5.32 Å². The molecule has 4 heteroatoms. The van der Waals surface area contributed by atoms with Crippen molar-refractivity contribution >= 4 is 0 Å². The lowest BCUT2D eigenvalue weighted by atomic mass is 9.99. The van der Waals surface area contributed by atoms with Gasteiger partial charge in [0.1, 0.15) is 0 Å². The van der Waals surface area contributed by atoms with Gasteiger partial charge >= 0.3 is 0 Å². The third-order valence-corrected chi connectivity index (χ3v) is 3.88. The molecule has 1 aliphatic heterocycles. The maximum atomic E-state index is 10.0. The smallest absolute Gasteiger partial charge is 0.0791 e. The number of rotatable bonds is 8. The van der Waals surface area contributed by atoms with E-state index in [9.17, 15) is 5.11 Å². The molecular formula is C16H26N2O2. The Hall–Kier alpha value is -0.940. The summed E-state index contributed by atoms with van der Waals surface area (Å²) in [6.07, 6.45) is 0.884. The van der Waals surface area contributed by atoms with Crippen molar-refractivity contribution in [2.75, 3.05) is 46.4 Å². The highest BCUT2D eigenvalue weighted by Gasteiger charge is 2.24. The zero-order chi connectivity index (χ0) is 14.2. The van der Waals surface area contributed by atoms with Crippen LogP contribution in [0, 0.1) is 0 Å². The van der Waals surface area contributed by atoms with Crippen LogP contribution in [0.2, 0.25) is 0 Å². The molecule has 1 aliphatic rings. The van der Waals surface area contributed by atoms with E-state index in [-0.39, 0.29) is 6.10 Å². The number of hydrogen-bond donors (Lipinski definition) is 2. The number of hydrogen-bond acceptors (Lipinski definition) is 4. The van der Waals surface area contributed by atoms with Gasteiger partial charge in [0.25, 0.3) is 0 Å². The van der Waals surface area contributed by atoms with Crippen LogP contribution in [0.4, 0.5) is 0 Å². The molecule has 0 aliphatic carbocycles. The van der Waals surface area contributed by atoms with E-state index in [1.165, 1.54) is 12.0 Å². The minimum atomic E-state index is -0.304. The highest BCUT2D eigenvalue weighted by Crippen LogP contribution is 2.26. The Labute approximate surface area is 121 Å². The van der Waals surface area contributed by atoms with Gasteiger partial charge in [0, 0.05) is 33.3 Å². The predicted octanol–water partition coefficient (Wildman–Crippen LogP) is 1.07. The Bertz CT molecular complexity index is 372. The first-order valence-electron chi connectivity index (χ1n) is 7.44. The zero-order valence-corrected chi connectivity index (χ0v) is 12.3. The largest absolute Gasteiger partial charge is 0.390 e. The molecule has 1 heterocycles. The van der Waals surface area contributed by atoms with Gasteiger partial charge in [-0.15, -0.1) is 0 Å². The first kappa shape index (κ1) is 15.4. The second-order valence-corrected chi connectivity index (χ2v) is 5.51. The third-order valence-electron chi connectivity index (χ3n) is 3.88. The lowest BCUT2D eigenvalue weighted by Crippen LogP contribution is -2.38. The first-order valence-corrected chi connectivity index (χ1v) is 7.44. The molecule has 20 heavy (non-hydrogen) atoms. The van der Waals surface area contributed by atoms with E-state index in [2.05, 4.69) is 40.5 Å². The van der Waals surface area contributed by atoms with E-state index in [4.69, 9.17) is 4.74 Å². The summed E-state index contributed by atoms with van der Waals surface area (Å²) >= 11 is 0. The SMILES string of the molecule is COCCNCC(O)CN1CCC(c2ccccc2)C1. The van der Waals surface area contributed by atoms with E-state index in [0.29, 0.717) is 19.1 Å². The van der Waals surface area contributed by atoms with Crippen molar-refractivity contribution in [2.45, 2.75) is 18.4 Å². The van der Waals surface area contributed by atoms with Crippen LogP contribution in [0.5, 0.6) is 0 Å². The van der Waals surface area contributed by atoms with E-state index in [1.807, 2.05) is 0 Å². The summed E-state index contributed by atoms with van der Waals surface area (Å²) in [4.78, 5) is 2.36. The molecule has 0 aromatic heterocycles. The lowest BCUT2D eigenvalue weighted by Gasteiger charge is -2.20. The number of β-amino-alcohol motifs (C(OH)–C–C–N with tert-alkyl or cyclic N) is 1. The maximum Gasteiger partial charge on any atom is 0.0791 e. The standard InChI is InChI=1S/C16H26N2O2/c1-20-10-8-17-11-16(19)13-18-9-7-15(12-18)14-5-3-2-4-6-14/h2-6,15-17,19H,7-13H2,1H3. The zero-order valence-electron chi connectivity index (χ0n) is 12.3. The van der Waals surface area contributed by atoms with Gasteiger partial charge in [0.2, 0.25) is 0 Å². The average molecular weight is 278 g/mol. The molecule has 112 valence electrons. The molecule has 0 bridgehead atoms. The molecule has 2 rings (SSSR count). The van der Waals surface area contributed by atoms with Gasteiger partial charge in [-0.2, -0.15) is 0 Å². The fraction of sp³-hybridized carbons (Fsp3) is 0.625. The lowest BCUT2D eigenvalue weighted by molar-refractivity contribution is 0.119. The molecule has 1 saturated heterocycles. The Morgan fingerprint density at radius 3 is 2.95 bits per heavy atom. The maximum absolute atomic E-state index is 10.0. The van der Waals surface area contributed by atoms with Crippen molar-refractivity contribution in [1.82, 2.24) is 10.2 Å². The molecule has 4 nitrogen and oxygen atoms in total. The van der Waals surface area contributed by atoms with Crippen LogP contribution in [0.25, 0.3) is 0 Å². The molecule has 0 amide bonds. The topological polar surface area (TPSA) is 44.7 Å². The number of nitrogens with one attached hydrogen (secondary N) is 1. The van der Waals surface area contributed by atoms with Crippen molar-refractivity contribution in [3.8, 4) is 0 Å². The summed E-state index contributed by atoms with van der Waals surface area (Å²) in [6.45, 7) is 5.00. The van der Waals surface area contributed by atoms with Gasteiger partial charge in [-0.3, -0.25) is 0 Å². The third kappa shape index (κ3) is 4.87. The van der Waals surface area contributed by atoms with Crippen LogP contribution in [-0.2, 0) is 4.74 Å². The Morgan fingerprint density at radius 2 is 2.20 bits per heavy atom. The summed E-state index contributed by atoms with van der Waals surface area (Å²) in [5.41, 5.74) is 1.42. The van der Waals surface area contributed by atoms with Gasteiger partial charge in [0.15, 0.2) is 0 Å². The number of nitrogens with zero attached hydrogens (tertiary/aromatic N) is 1. The predicted molar refractivity (Wildman–Crippen MR) is 81.0 cm³/mol. The van der Waals surface area contributed by atoms with Gasteiger partial charge in [-0.05, 0) is 24.4 Å². The summed E-state index contributed by atoms with van der Waals surface area (Å²) in [5.74, 6) is 0.616. The molecule has 1 aromatic carbocycles. The number of aliphatic hydroxyl groups excluding tert-OH is 1. The Kier molecular flexibility index (Phi) is 6.47. The second kappa shape index (κ2) is 8.37. The highest BCUT2D eigenvalue weighted by atomic mass is 16.5. The summed E-state index contributed by atoms with van der Waals surface area (Å²) in [5, 5.41) is 13.2. The number of aliphatic hydroxyl groups is 1. The van der Waals surface area contributed by atoms with Gasteiger partial charge in [0.05, 0.1) is 12.7 Å². The minimum Gasteiger partial charge on any atom is -0.390 e. The van der Waals surface area contributed by atoms with Crippen LogP contribution in [-0.4, -0.2) is 62.6 Å². The van der Waals surface area contributed by atoms with Gasteiger partial charge in [-0.25, -0.2) is 0 Å². The molecule has 1 fully saturated rings. The second-order valence-electron chi connectivity index (χ2n) is 5.51. The van der Waals surface area contributed by atoms with E-state index >= 15 is 0 Å². The molecule has 1 aromatic rings. The normalized spacial score (nSPS) is 21.2. The van der Waals surface area contributed by atoms with Crippen molar-refractivity contribution in [3.05, 3.63) is 35.9 Å². The molecule has 0 spiro atoms. The molecule has 2 unspecified atom stereocenters. The molecule has 2 N–H and O–H groups in total. The van der Waals surface area contributed by atoms with E-state index in [1.54, 1.807) is 7.11 Å². The van der Waals surface area contributed by atoms with Gasteiger partial charge in [-0.1, -0.05) is 30.3 Å². The fourth-order valence-corrected chi connectivity index (χ4v) is 2.80. The molecule has 2 atom stereocenters. The monoisotopic (exact) mass is 278 g/mol. The number of methoxy groups -OCH3 is 1. The molecule has 0 radical (unpaired) electrons. The minimum absolute atomic E-state index is 0.304. The van der Waals surface area contributed by atoms with Crippen molar-refractivity contribution < 1.29 is 9.84 Å². The van der Waals surface area contributed by atoms with Crippen LogP contribution in [0.1, 0.15) is 17.9 Å². The summed E-state index contributed by atoms with van der Waals surface area (Å²) < 4.78 is 4.97. The summed E-state index contributed by atoms with van der Waals surface area (Å²) in [7, 11) is 1.69. The fourth-order valence-electron chi connectivity index (χ4n) is 2.80. The molecule has 0 saturated carbocycles. The molecular weight excluding hydrogens is 252 g/mol. The first-order chi connectivity index (χ1) is 9.79. The van der Waals surface area contributed by atoms with Crippen molar-refractivity contribution in [2.24, 2.45) is 0 Å². The van der Waals surface area contributed by atoms with Crippen molar-refractivity contribution in [1.29, 1.82) is 0 Å². The average Bonchev–Trinajstić information content (AvgIpc) is 2.93. The van der Waals surface area contributed by atoms with Gasteiger partial charge < -0.3 is 20.1 Å². The number of ether oxygens (including phenoxy) is 1. The van der Waals surface area contributed by atoms with Crippen LogP contribution in [0.3, 0.4) is 0 Å². The van der Waals surface area contributed by atoms with E-state index < -0.39 is 0 Å². The number of likely N-dealkylation sites (tertiary alicyclic amines) is 1. The van der Waals surface area contributed by atoms with E-state index in [0.717, 1.165) is 26.2 Å². The van der Waals surface area contributed by atoms with Crippen LogP contribution >= 0.6 is 0 Å². The summed E-state index contributed by atoms with van der Waals surface area (Å²) in [6, 6.07) is 10.7. The Balaban J connectivity index is 1.68. The Morgan fingerprint density at radius 1 is 1.40 bits per heavy atom.